The molecule has 43 heavy (non-hydrogen) atoms. The molecule has 2 rings (SSSR count). The third-order valence-corrected chi connectivity index (χ3v) is 9.20. The number of Topliss-reactive ketones (excluding diaryl/α,β-unsaturated/α-hetero) is 1. The first-order valence-electron chi connectivity index (χ1n) is 15.6. The van der Waals surface area contributed by atoms with Gasteiger partial charge in [0.05, 0.1) is 12.2 Å². The van der Waals surface area contributed by atoms with Crippen molar-refractivity contribution in [2.24, 2.45) is 16.2 Å². The van der Waals surface area contributed by atoms with E-state index in [1.54, 1.807) is 0 Å². The van der Waals surface area contributed by atoms with Gasteiger partial charge in [0.2, 0.25) is 0 Å². The largest absolute Gasteiger partial charge is 0.393 e. The second-order valence-electron chi connectivity index (χ2n) is 14.2. The molecule has 0 amide bonds. The van der Waals surface area contributed by atoms with Crippen molar-refractivity contribution in [1.82, 2.24) is 0 Å². The first-order chi connectivity index (χ1) is 20.0. The Bertz CT molecular complexity index is 1310. The minimum atomic E-state index is -0.658. The van der Waals surface area contributed by atoms with Gasteiger partial charge in [-0.15, -0.1) is 0 Å². The molecule has 0 aromatic heterocycles. The van der Waals surface area contributed by atoms with Crippen LogP contribution < -0.4 is 0 Å². The topological polar surface area (TPSA) is 57.5 Å². The number of allylic oxidation sites excluding steroid dienone is 18. The Balaban J connectivity index is 1.89. The lowest BCUT2D eigenvalue weighted by atomic mass is 9.66. The summed E-state index contributed by atoms with van der Waals surface area (Å²) in [5.41, 5.74) is 6.49. The highest BCUT2D eigenvalue weighted by atomic mass is 16.3. The number of aliphatic hydroxyl groups excluding tert-OH is 2. The number of rotatable bonds is 11. The predicted octanol–water partition coefficient (Wildman–Crippen LogP) is 9.81. The fourth-order valence-corrected chi connectivity index (χ4v) is 6.10. The quantitative estimate of drug-likeness (QED) is 0.238. The minimum Gasteiger partial charge on any atom is -0.393 e. The van der Waals surface area contributed by atoms with Gasteiger partial charge in [-0.05, 0) is 63.9 Å². The number of aliphatic hydroxyl groups is 2. The lowest BCUT2D eigenvalue weighted by Gasteiger charge is -2.40. The van der Waals surface area contributed by atoms with Gasteiger partial charge in [0, 0.05) is 18.3 Å². The molecule has 1 fully saturated rings. The number of carbonyl (C=O) groups is 1. The Morgan fingerprint density at radius 3 is 1.74 bits per heavy atom. The van der Waals surface area contributed by atoms with Crippen LogP contribution in [0.2, 0.25) is 0 Å². The Morgan fingerprint density at radius 1 is 0.767 bits per heavy atom. The first-order valence-corrected chi connectivity index (χ1v) is 15.6. The summed E-state index contributed by atoms with van der Waals surface area (Å²) < 4.78 is 0. The van der Waals surface area contributed by atoms with Gasteiger partial charge in [0.25, 0.3) is 0 Å². The molecule has 3 atom stereocenters. The molecular weight excluding hydrogens is 528 g/mol. The third kappa shape index (κ3) is 10.9. The average Bonchev–Trinajstić information content (AvgIpc) is 3.10. The summed E-state index contributed by atoms with van der Waals surface area (Å²) in [7, 11) is 0. The minimum absolute atomic E-state index is 0.00464. The highest BCUT2D eigenvalue weighted by Gasteiger charge is 2.52. The molecule has 0 radical (unpaired) electrons. The van der Waals surface area contributed by atoms with Crippen LogP contribution in [0.15, 0.2) is 119 Å². The van der Waals surface area contributed by atoms with E-state index in [4.69, 9.17) is 0 Å². The van der Waals surface area contributed by atoms with Crippen LogP contribution in [-0.4, -0.2) is 28.2 Å². The van der Waals surface area contributed by atoms with E-state index in [0.717, 1.165) is 24.0 Å². The lowest BCUT2D eigenvalue weighted by molar-refractivity contribution is -0.118. The number of carbonyl (C=O) groups excluding carboxylic acids is 1. The molecule has 2 N–H and O–H groups in total. The summed E-state index contributed by atoms with van der Waals surface area (Å²) in [5.74, 6) is 0.232. The zero-order valence-electron chi connectivity index (χ0n) is 28.4. The van der Waals surface area contributed by atoms with Crippen LogP contribution in [0.25, 0.3) is 0 Å². The lowest BCUT2D eigenvalue weighted by Crippen LogP contribution is -2.39. The van der Waals surface area contributed by atoms with Crippen LogP contribution in [0.4, 0.5) is 0 Å². The van der Waals surface area contributed by atoms with E-state index in [2.05, 4.69) is 104 Å². The normalized spacial score (nSPS) is 26.9. The molecule has 3 heteroatoms. The fraction of sp³-hybridized carbons (Fsp3) is 0.475. The van der Waals surface area contributed by atoms with Crippen molar-refractivity contribution in [3.05, 3.63) is 119 Å². The van der Waals surface area contributed by atoms with E-state index in [9.17, 15) is 15.0 Å². The summed E-state index contributed by atoms with van der Waals surface area (Å²) >= 11 is 0. The molecule has 0 aliphatic heterocycles. The van der Waals surface area contributed by atoms with Crippen molar-refractivity contribution >= 4 is 5.78 Å². The van der Waals surface area contributed by atoms with Crippen molar-refractivity contribution in [2.75, 3.05) is 0 Å². The molecule has 0 spiro atoms. The molecule has 0 aromatic carbocycles. The van der Waals surface area contributed by atoms with Crippen molar-refractivity contribution in [3.63, 3.8) is 0 Å². The highest BCUT2D eigenvalue weighted by molar-refractivity contribution is 5.83. The van der Waals surface area contributed by atoms with E-state index >= 15 is 0 Å². The molecule has 1 saturated carbocycles. The van der Waals surface area contributed by atoms with E-state index in [0.29, 0.717) is 12.8 Å². The predicted molar refractivity (Wildman–Crippen MR) is 185 cm³/mol. The standard InChI is InChI=1S/C40H56O3/c1-29(17-13-19-31(3)21-23-36-33(5)25-34(41)26-38(36,6)7)15-11-12-16-30(2)18-14-20-32(4)22-24-37(43)40(10)28-35(42)27-39(40,8)9/h11-24,34,37,41,43H,25-28H2,1-10H3/b12-11+,17-13+,18-14+,23-21+,24-22+,29-15+,30-16+,31-19+,32-20+/t34-,37-,40+/m1/s1. The molecule has 0 unspecified atom stereocenters. The highest BCUT2D eigenvalue weighted by Crippen LogP contribution is 2.53. The van der Waals surface area contributed by atoms with Crippen LogP contribution in [0.3, 0.4) is 0 Å². The second-order valence-corrected chi connectivity index (χ2v) is 14.2. The molecule has 0 heterocycles. The van der Waals surface area contributed by atoms with Gasteiger partial charge in [-0.25, -0.2) is 0 Å². The average molecular weight is 585 g/mol. The molecule has 3 nitrogen and oxygen atoms in total. The van der Waals surface area contributed by atoms with Gasteiger partial charge >= 0.3 is 0 Å². The Hall–Kier alpha value is -3.01. The van der Waals surface area contributed by atoms with Crippen LogP contribution in [0, 0.1) is 16.2 Å². The number of hydrogen-bond donors (Lipinski definition) is 2. The molecule has 0 bridgehead atoms. The van der Waals surface area contributed by atoms with E-state index in [1.807, 2.05) is 50.3 Å². The molecule has 0 saturated heterocycles. The maximum absolute atomic E-state index is 12.0. The van der Waals surface area contributed by atoms with E-state index in [1.165, 1.54) is 22.3 Å². The molecular formula is C40H56O3. The zero-order chi connectivity index (χ0) is 32.4. The molecule has 2 aliphatic rings. The SMILES string of the molecule is CC1=C(/C=C/C(C)=C/C=C/C(C)=C/C=C/C=C(C)/C=C/C=C(C)/C=C/[C@@H](O)[C@]2(C)CC(=O)CC2(C)C)C(C)(C)C[C@H](O)C1. The summed E-state index contributed by atoms with van der Waals surface area (Å²) in [6.45, 7) is 21.0. The van der Waals surface area contributed by atoms with Gasteiger partial charge < -0.3 is 10.2 Å². The summed E-state index contributed by atoms with van der Waals surface area (Å²) in [6.07, 6.45) is 30.4. The zero-order valence-corrected chi connectivity index (χ0v) is 28.4. The smallest absolute Gasteiger partial charge is 0.134 e. The molecule has 2 aliphatic carbocycles. The Morgan fingerprint density at radius 2 is 1.26 bits per heavy atom. The number of ketones is 1. The van der Waals surface area contributed by atoms with Gasteiger partial charge in [0.1, 0.15) is 5.78 Å². The van der Waals surface area contributed by atoms with Gasteiger partial charge in [-0.3, -0.25) is 4.79 Å². The summed E-state index contributed by atoms with van der Waals surface area (Å²) in [6, 6.07) is 0. The van der Waals surface area contributed by atoms with E-state index < -0.39 is 11.5 Å². The fourth-order valence-electron chi connectivity index (χ4n) is 6.10. The Labute approximate surface area is 262 Å². The van der Waals surface area contributed by atoms with Crippen molar-refractivity contribution in [2.45, 2.75) is 107 Å². The maximum atomic E-state index is 12.0. The molecule has 234 valence electrons. The van der Waals surface area contributed by atoms with Crippen LogP contribution in [-0.2, 0) is 4.79 Å². The first kappa shape index (κ1) is 36.2. The van der Waals surface area contributed by atoms with Crippen LogP contribution in [0.5, 0.6) is 0 Å². The van der Waals surface area contributed by atoms with Gasteiger partial charge in [-0.1, -0.05) is 148 Å². The van der Waals surface area contributed by atoms with Crippen LogP contribution >= 0.6 is 0 Å². The monoisotopic (exact) mass is 584 g/mol. The van der Waals surface area contributed by atoms with Gasteiger partial charge in [-0.2, -0.15) is 0 Å². The summed E-state index contributed by atoms with van der Waals surface area (Å²) in [5, 5.41) is 20.9. The summed E-state index contributed by atoms with van der Waals surface area (Å²) in [4.78, 5) is 12.0. The van der Waals surface area contributed by atoms with E-state index in [-0.39, 0.29) is 22.7 Å². The van der Waals surface area contributed by atoms with Crippen molar-refractivity contribution < 1.29 is 15.0 Å². The Kier molecular flexibility index (Phi) is 13.2. The van der Waals surface area contributed by atoms with Crippen LogP contribution in [0.1, 0.15) is 94.9 Å². The third-order valence-electron chi connectivity index (χ3n) is 9.20. The van der Waals surface area contributed by atoms with Gasteiger partial charge in [0.15, 0.2) is 0 Å². The maximum Gasteiger partial charge on any atom is 0.134 e. The number of hydrogen-bond acceptors (Lipinski definition) is 3. The van der Waals surface area contributed by atoms with Crippen molar-refractivity contribution in [1.29, 1.82) is 0 Å². The second kappa shape index (κ2) is 15.6. The van der Waals surface area contributed by atoms with Crippen molar-refractivity contribution in [3.8, 4) is 0 Å². The molecule has 0 aromatic rings.